The molecule has 0 fully saturated rings. The van der Waals surface area contributed by atoms with E-state index < -0.39 is 0 Å². The van der Waals surface area contributed by atoms with E-state index in [1.807, 2.05) is 0 Å². The summed E-state index contributed by atoms with van der Waals surface area (Å²) in [6, 6.07) is 7.81. The van der Waals surface area contributed by atoms with E-state index >= 15 is 0 Å². The van der Waals surface area contributed by atoms with Gasteiger partial charge >= 0.3 is 0 Å². The Morgan fingerprint density at radius 1 is 1.26 bits per heavy atom. The molecule has 1 aromatic carbocycles. The summed E-state index contributed by atoms with van der Waals surface area (Å²) >= 11 is 0. The highest BCUT2D eigenvalue weighted by Crippen LogP contribution is 2.24. The van der Waals surface area contributed by atoms with Crippen LogP contribution in [0.1, 0.15) is 24.3 Å². The van der Waals surface area contributed by atoms with E-state index in [4.69, 9.17) is 5.73 Å². The maximum atomic E-state index is 13.2. The molecule has 0 unspecified atom stereocenters. The second-order valence-corrected chi connectivity index (χ2v) is 4.69. The first-order valence-corrected chi connectivity index (χ1v) is 6.04. The quantitative estimate of drug-likeness (QED) is 0.859. The number of nitrogens with zero attached hydrogens (tertiary/aromatic N) is 1. The van der Waals surface area contributed by atoms with E-state index in [9.17, 15) is 9.18 Å². The molecule has 2 N–H and O–H groups in total. The van der Waals surface area contributed by atoms with Gasteiger partial charge in [-0.3, -0.25) is 9.78 Å². The fourth-order valence-electron chi connectivity index (χ4n) is 1.79. The molecule has 1 heterocycles. The monoisotopic (exact) mass is 258 g/mol. The van der Waals surface area contributed by atoms with Crippen molar-refractivity contribution in [3.63, 3.8) is 0 Å². The molecule has 0 amide bonds. The zero-order chi connectivity index (χ0) is 14.0. The average molecular weight is 258 g/mol. The lowest BCUT2D eigenvalue weighted by Crippen LogP contribution is -2.12. The Morgan fingerprint density at radius 2 is 2.00 bits per heavy atom. The number of nitrogens with two attached hydrogens (primary N) is 1. The molecule has 0 aliphatic rings. The molecule has 4 heteroatoms. The molecule has 0 bridgehead atoms. The van der Waals surface area contributed by atoms with Gasteiger partial charge in [-0.15, -0.1) is 0 Å². The van der Waals surface area contributed by atoms with Crippen LogP contribution in [0.15, 0.2) is 36.5 Å². The Labute approximate surface area is 111 Å². The van der Waals surface area contributed by atoms with Crippen LogP contribution < -0.4 is 5.73 Å². The first kappa shape index (κ1) is 13.2. The highest BCUT2D eigenvalue weighted by atomic mass is 19.1. The van der Waals surface area contributed by atoms with Crippen LogP contribution in [0.4, 0.5) is 10.1 Å². The number of Topliss-reactive ketones (excluding diaryl/α,β-unsaturated/α-hetero) is 1. The van der Waals surface area contributed by atoms with Crippen LogP contribution >= 0.6 is 0 Å². The van der Waals surface area contributed by atoms with Crippen LogP contribution in [0.2, 0.25) is 0 Å². The van der Waals surface area contributed by atoms with E-state index in [1.54, 1.807) is 38.2 Å². The van der Waals surface area contributed by atoms with Crippen LogP contribution in [-0.4, -0.2) is 10.8 Å². The SMILES string of the molecule is CC(C)C(=O)c1ncc(-c2cccc(F)c2)cc1N. The molecule has 98 valence electrons. The summed E-state index contributed by atoms with van der Waals surface area (Å²) in [5, 5.41) is 0. The topological polar surface area (TPSA) is 56.0 Å². The Bertz CT molecular complexity index is 623. The second-order valence-electron chi connectivity index (χ2n) is 4.69. The molecule has 0 aliphatic carbocycles. The van der Waals surface area contributed by atoms with E-state index in [1.165, 1.54) is 12.1 Å². The Kier molecular flexibility index (Phi) is 3.60. The molecule has 0 saturated carbocycles. The minimum Gasteiger partial charge on any atom is -0.397 e. The van der Waals surface area contributed by atoms with Crippen LogP contribution in [0.3, 0.4) is 0 Å². The van der Waals surface area contributed by atoms with Gasteiger partial charge in [-0.05, 0) is 23.8 Å². The molecule has 1 aromatic heterocycles. The van der Waals surface area contributed by atoms with Crippen LogP contribution in [0.25, 0.3) is 11.1 Å². The number of anilines is 1. The summed E-state index contributed by atoms with van der Waals surface area (Å²) in [7, 11) is 0. The number of hydrogen-bond donors (Lipinski definition) is 1. The number of nitrogen functional groups attached to an aromatic ring is 1. The summed E-state index contributed by atoms with van der Waals surface area (Å²) in [6.45, 7) is 3.59. The van der Waals surface area contributed by atoms with Gasteiger partial charge in [0, 0.05) is 17.7 Å². The third-order valence-electron chi connectivity index (χ3n) is 2.83. The zero-order valence-corrected chi connectivity index (χ0v) is 10.9. The Balaban J connectivity index is 2.42. The predicted molar refractivity (Wildman–Crippen MR) is 73.2 cm³/mol. The first-order valence-electron chi connectivity index (χ1n) is 6.04. The van der Waals surface area contributed by atoms with Crippen molar-refractivity contribution in [3.05, 3.63) is 48.0 Å². The number of carbonyl (C=O) groups excluding carboxylic acids is 1. The van der Waals surface area contributed by atoms with Crippen LogP contribution in [0.5, 0.6) is 0 Å². The largest absolute Gasteiger partial charge is 0.397 e. The zero-order valence-electron chi connectivity index (χ0n) is 10.9. The van der Waals surface area contributed by atoms with Gasteiger partial charge < -0.3 is 5.73 Å². The molecule has 0 spiro atoms. The summed E-state index contributed by atoms with van der Waals surface area (Å²) in [6.07, 6.45) is 1.54. The average Bonchev–Trinajstić information content (AvgIpc) is 2.37. The van der Waals surface area contributed by atoms with Gasteiger partial charge in [0.05, 0.1) is 5.69 Å². The van der Waals surface area contributed by atoms with Crippen molar-refractivity contribution in [2.24, 2.45) is 5.92 Å². The summed E-state index contributed by atoms with van der Waals surface area (Å²) < 4.78 is 13.2. The van der Waals surface area contributed by atoms with Gasteiger partial charge in [0.2, 0.25) is 0 Å². The number of carbonyl (C=O) groups is 1. The molecule has 3 nitrogen and oxygen atoms in total. The van der Waals surface area contributed by atoms with E-state index in [-0.39, 0.29) is 23.2 Å². The molecular weight excluding hydrogens is 243 g/mol. The molecule has 19 heavy (non-hydrogen) atoms. The van der Waals surface area contributed by atoms with Crippen molar-refractivity contribution >= 4 is 11.5 Å². The standard InChI is InChI=1S/C15H15FN2O/c1-9(2)15(19)14-13(17)7-11(8-18-14)10-4-3-5-12(16)6-10/h3-9H,17H2,1-2H3. The summed E-state index contributed by atoms with van der Waals surface area (Å²) in [4.78, 5) is 16.0. The van der Waals surface area contributed by atoms with Gasteiger partial charge in [0.25, 0.3) is 0 Å². The molecule has 2 aromatic rings. The van der Waals surface area contributed by atoms with Crippen LogP contribution in [-0.2, 0) is 0 Å². The molecule has 0 saturated heterocycles. The van der Waals surface area contributed by atoms with E-state index in [0.717, 1.165) is 0 Å². The number of aromatic nitrogens is 1. The maximum Gasteiger partial charge on any atom is 0.185 e. The van der Waals surface area contributed by atoms with E-state index in [2.05, 4.69) is 4.98 Å². The lowest BCUT2D eigenvalue weighted by Gasteiger charge is -2.08. The van der Waals surface area contributed by atoms with Gasteiger partial charge in [-0.1, -0.05) is 26.0 Å². The number of ketones is 1. The predicted octanol–water partition coefficient (Wildman–Crippen LogP) is 3.31. The van der Waals surface area contributed by atoms with Crippen molar-refractivity contribution < 1.29 is 9.18 Å². The minimum atomic E-state index is -0.321. The van der Waals surface area contributed by atoms with E-state index in [0.29, 0.717) is 16.8 Å². The van der Waals surface area contributed by atoms with Gasteiger partial charge in [-0.2, -0.15) is 0 Å². The number of rotatable bonds is 3. The Morgan fingerprint density at radius 3 is 2.58 bits per heavy atom. The van der Waals surface area contributed by atoms with Gasteiger partial charge in [0.1, 0.15) is 11.5 Å². The number of halogens is 1. The molecule has 0 aliphatic heterocycles. The minimum absolute atomic E-state index is 0.0942. The van der Waals surface area contributed by atoms with Crippen molar-refractivity contribution in [1.82, 2.24) is 4.98 Å². The molecular formula is C15H15FN2O. The molecule has 0 atom stereocenters. The lowest BCUT2D eigenvalue weighted by molar-refractivity contribution is 0.0935. The van der Waals surface area contributed by atoms with Crippen molar-refractivity contribution in [1.29, 1.82) is 0 Å². The summed E-state index contributed by atoms with van der Waals surface area (Å²) in [5.41, 5.74) is 7.83. The van der Waals surface area contributed by atoms with Crippen molar-refractivity contribution in [3.8, 4) is 11.1 Å². The number of benzene rings is 1. The van der Waals surface area contributed by atoms with Crippen molar-refractivity contribution in [2.45, 2.75) is 13.8 Å². The molecule has 2 rings (SSSR count). The highest BCUT2D eigenvalue weighted by Gasteiger charge is 2.15. The highest BCUT2D eigenvalue weighted by molar-refractivity contribution is 6.00. The Hall–Kier alpha value is -2.23. The van der Waals surface area contributed by atoms with Crippen LogP contribution in [0, 0.1) is 11.7 Å². The van der Waals surface area contributed by atoms with Gasteiger partial charge in [0.15, 0.2) is 5.78 Å². The van der Waals surface area contributed by atoms with Gasteiger partial charge in [-0.25, -0.2) is 4.39 Å². The maximum absolute atomic E-state index is 13.2. The van der Waals surface area contributed by atoms with Crippen molar-refractivity contribution in [2.75, 3.05) is 5.73 Å². The first-order chi connectivity index (χ1) is 8.99. The number of pyridine rings is 1. The summed E-state index contributed by atoms with van der Waals surface area (Å²) in [5.74, 6) is -0.573. The third-order valence-corrected chi connectivity index (χ3v) is 2.83. The normalized spacial score (nSPS) is 10.7. The second kappa shape index (κ2) is 5.18. The fourth-order valence-corrected chi connectivity index (χ4v) is 1.79. The third kappa shape index (κ3) is 2.78. The fraction of sp³-hybridized carbons (Fsp3) is 0.200. The number of hydrogen-bond acceptors (Lipinski definition) is 3. The molecule has 0 radical (unpaired) electrons. The lowest BCUT2D eigenvalue weighted by atomic mass is 10.0. The smallest absolute Gasteiger partial charge is 0.185 e.